The summed E-state index contributed by atoms with van der Waals surface area (Å²) in [5, 5.41) is 25.4. The normalized spacial score (nSPS) is 10.8. The van der Waals surface area contributed by atoms with Gasteiger partial charge in [0.25, 0.3) is 11.6 Å². The van der Waals surface area contributed by atoms with Gasteiger partial charge in [-0.2, -0.15) is 10.2 Å². The van der Waals surface area contributed by atoms with Gasteiger partial charge in [0.1, 0.15) is 0 Å². The van der Waals surface area contributed by atoms with E-state index in [4.69, 9.17) is 0 Å². The zero-order valence-corrected chi connectivity index (χ0v) is 13.3. The second-order valence-corrected chi connectivity index (χ2v) is 5.57. The zero-order valence-electron chi connectivity index (χ0n) is 13.3. The van der Waals surface area contributed by atoms with Gasteiger partial charge in [0.15, 0.2) is 0 Å². The molecule has 2 aromatic heterocycles. The molecular weight excluding hydrogens is 336 g/mol. The van der Waals surface area contributed by atoms with Crippen molar-refractivity contribution in [3.63, 3.8) is 0 Å². The van der Waals surface area contributed by atoms with Crippen molar-refractivity contribution in [3.8, 4) is 5.69 Å². The van der Waals surface area contributed by atoms with E-state index in [2.05, 4.69) is 20.6 Å². The van der Waals surface area contributed by atoms with Crippen molar-refractivity contribution in [2.75, 3.05) is 5.32 Å². The molecule has 0 aliphatic carbocycles. The van der Waals surface area contributed by atoms with E-state index in [1.165, 1.54) is 23.0 Å². The number of fused-ring (bicyclic) bond motifs is 1. The fourth-order valence-electron chi connectivity index (χ4n) is 2.53. The Morgan fingerprint density at radius 1 is 1.15 bits per heavy atom. The topological polar surface area (TPSA) is 119 Å². The first-order valence-corrected chi connectivity index (χ1v) is 7.64. The third-order valence-electron chi connectivity index (χ3n) is 3.87. The van der Waals surface area contributed by atoms with Crippen molar-refractivity contribution in [2.24, 2.45) is 0 Å². The van der Waals surface area contributed by atoms with Crippen LogP contribution < -0.4 is 5.32 Å². The van der Waals surface area contributed by atoms with Crippen LogP contribution in [-0.4, -0.2) is 30.8 Å². The molecule has 0 atom stereocenters. The van der Waals surface area contributed by atoms with Crippen LogP contribution in [0.4, 0.5) is 11.4 Å². The maximum absolute atomic E-state index is 12.4. The molecule has 0 radical (unpaired) electrons. The number of non-ortho nitro benzene ring substituents is 1. The second kappa shape index (κ2) is 6.13. The van der Waals surface area contributed by atoms with Gasteiger partial charge in [0.05, 0.1) is 34.1 Å². The molecule has 0 fully saturated rings. The highest BCUT2D eigenvalue weighted by Gasteiger charge is 2.11. The Hall–Kier alpha value is -4.01. The first-order valence-electron chi connectivity index (χ1n) is 7.64. The average Bonchev–Trinajstić information content (AvgIpc) is 3.31. The Morgan fingerprint density at radius 2 is 1.96 bits per heavy atom. The summed E-state index contributed by atoms with van der Waals surface area (Å²) in [5.74, 6) is -0.308. The summed E-state index contributed by atoms with van der Waals surface area (Å²) < 4.78 is 1.48. The number of rotatable bonds is 4. The highest BCUT2D eigenvalue weighted by Crippen LogP contribution is 2.18. The summed E-state index contributed by atoms with van der Waals surface area (Å²) >= 11 is 0. The monoisotopic (exact) mass is 348 g/mol. The van der Waals surface area contributed by atoms with Gasteiger partial charge in [-0.25, -0.2) is 4.68 Å². The van der Waals surface area contributed by atoms with Crippen molar-refractivity contribution >= 4 is 28.2 Å². The molecule has 0 saturated heterocycles. The van der Waals surface area contributed by atoms with Crippen molar-refractivity contribution in [2.45, 2.75) is 0 Å². The fourth-order valence-corrected chi connectivity index (χ4v) is 2.53. The Balaban J connectivity index is 1.53. The highest BCUT2D eigenvalue weighted by atomic mass is 16.6. The number of benzene rings is 2. The number of nitrogens with one attached hydrogen (secondary N) is 2. The summed E-state index contributed by atoms with van der Waals surface area (Å²) in [6, 6.07) is 11.3. The minimum atomic E-state index is -0.470. The predicted molar refractivity (Wildman–Crippen MR) is 94.3 cm³/mol. The van der Waals surface area contributed by atoms with Gasteiger partial charge < -0.3 is 5.32 Å². The van der Waals surface area contributed by atoms with Crippen molar-refractivity contribution in [1.29, 1.82) is 0 Å². The number of aromatic nitrogens is 4. The highest BCUT2D eigenvalue weighted by molar-refractivity contribution is 6.04. The number of amides is 1. The molecule has 26 heavy (non-hydrogen) atoms. The maximum Gasteiger partial charge on any atom is 0.269 e. The summed E-state index contributed by atoms with van der Waals surface area (Å²) in [6.07, 6.45) is 4.70. The molecular formula is C17H12N6O3. The van der Waals surface area contributed by atoms with Crippen LogP contribution in [0.2, 0.25) is 0 Å². The van der Waals surface area contributed by atoms with E-state index in [9.17, 15) is 14.9 Å². The van der Waals surface area contributed by atoms with E-state index in [-0.39, 0.29) is 11.6 Å². The number of hydrogen-bond acceptors (Lipinski definition) is 5. The lowest BCUT2D eigenvalue weighted by atomic mass is 10.2. The minimum absolute atomic E-state index is 0.00642. The maximum atomic E-state index is 12.4. The summed E-state index contributed by atoms with van der Waals surface area (Å²) in [5.41, 5.74) is 2.44. The molecule has 9 nitrogen and oxygen atoms in total. The molecule has 1 amide bonds. The number of H-pyrrole nitrogens is 1. The number of nitro benzene ring substituents is 1. The number of anilines is 1. The van der Waals surface area contributed by atoms with E-state index >= 15 is 0 Å². The number of nitro groups is 1. The third-order valence-corrected chi connectivity index (χ3v) is 3.87. The Kier molecular flexibility index (Phi) is 3.66. The lowest BCUT2D eigenvalue weighted by molar-refractivity contribution is -0.384. The van der Waals surface area contributed by atoms with Crippen LogP contribution in [0.1, 0.15) is 10.4 Å². The molecule has 0 saturated carbocycles. The zero-order chi connectivity index (χ0) is 18.1. The summed E-state index contributed by atoms with van der Waals surface area (Å²) in [4.78, 5) is 22.6. The summed E-state index contributed by atoms with van der Waals surface area (Å²) in [7, 11) is 0. The molecule has 2 aromatic carbocycles. The van der Waals surface area contributed by atoms with E-state index in [1.54, 1.807) is 36.7 Å². The van der Waals surface area contributed by atoms with Crippen LogP contribution in [0.3, 0.4) is 0 Å². The van der Waals surface area contributed by atoms with Gasteiger partial charge in [0.2, 0.25) is 0 Å². The molecule has 4 aromatic rings. The van der Waals surface area contributed by atoms with E-state index < -0.39 is 4.92 Å². The average molecular weight is 348 g/mol. The smallest absolute Gasteiger partial charge is 0.269 e. The number of carbonyl (C=O) groups is 1. The Bertz CT molecular complexity index is 1110. The van der Waals surface area contributed by atoms with Crippen LogP contribution >= 0.6 is 0 Å². The van der Waals surface area contributed by atoms with Gasteiger partial charge in [-0.05, 0) is 30.3 Å². The summed E-state index contributed by atoms with van der Waals surface area (Å²) in [6.45, 7) is 0. The molecule has 9 heteroatoms. The van der Waals surface area contributed by atoms with E-state index in [0.717, 1.165) is 10.9 Å². The van der Waals surface area contributed by atoms with Gasteiger partial charge in [-0.3, -0.25) is 20.0 Å². The third kappa shape index (κ3) is 2.88. The van der Waals surface area contributed by atoms with Crippen LogP contribution in [0, 0.1) is 10.1 Å². The second-order valence-electron chi connectivity index (χ2n) is 5.57. The first kappa shape index (κ1) is 15.5. The largest absolute Gasteiger partial charge is 0.322 e. The quantitative estimate of drug-likeness (QED) is 0.434. The van der Waals surface area contributed by atoms with Gasteiger partial charge in [-0.15, -0.1) is 0 Å². The molecule has 0 bridgehead atoms. The molecule has 4 rings (SSSR count). The van der Waals surface area contributed by atoms with E-state index in [1.807, 2.05) is 6.07 Å². The van der Waals surface area contributed by atoms with Gasteiger partial charge >= 0.3 is 0 Å². The van der Waals surface area contributed by atoms with Gasteiger partial charge in [-0.1, -0.05) is 0 Å². The lowest BCUT2D eigenvalue weighted by Gasteiger charge is -2.03. The fraction of sp³-hybridized carbons (Fsp3) is 0. The SMILES string of the molecule is O=C(Nc1ccc2cn[nH]c2c1)c1cnn(-c2ccc([N+](=O)[O-])cc2)c1. The Labute approximate surface area is 146 Å². The van der Waals surface area contributed by atoms with Crippen molar-refractivity contribution < 1.29 is 9.72 Å². The number of aromatic amines is 1. The Morgan fingerprint density at radius 3 is 2.73 bits per heavy atom. The molecule has 0 spiro atoms. The minimum Gasteiger partial charge on any atom is -0.322 e. The molecule has 0 aliphatic rings. The van der Waals surface area contributed by atoms with Crippen molar-refractivity contribution in [3.05, 3.63) is 76.7 Å². The van der Waals surface area contributed by atoms with E-state index in [0.29, 0.717) is 16.9 Å². The van der Waals surface area contributed by atoms with Crippen LogP contribution in [0.15, 0.2) is 61.1 Å². The number of carbonyl (C=O) groups excluding carboxylic acids is 1. The number of nitrogens with zero attached hydrogens (tertiary/aromatic N) is 4. The first-order chi connectivity index (χ1) is 12.6. The molecule has 2 heterocycles. The standard InChI is InChI=1S/C17H12N6O3/c24-17(20-13-2-1-11-8-18-21-16(11)7-13)12-9-19-22(10-12)14-3-5-15(6-4-14)23(25)26/h1-10H,(H,18,21)(H,20,24). The van der Waals surface area contributed by atoms with Crippen LogP contribution in [0.5, 0.6) is 0 Å². The van der Waals surface area contributed by atoms with Crippen LogP contribution in [-0.2, 0) is 0 Å². The molecule has 0 unspecified atom stereocenters. The predicted octanol–water partition coefficient (Wildman–Crippen LogP) is 2.91. The number of hydrogen-bond donors (Lipinski definition) is 2. The molecule has 0 aliphatic heterocycles. The lowest BCUT2D eigenvalue weighted by Crippen LogP contribution is -2.11. The molecule has 2 N–H and O–H groups in total. The van der Waals surface area contributed by atoms with Crippen LogP contribution in [0.25, 0.3) is 16.6 Å². The van der Waals surface area contributed by atoms with Gasteiger partial charge in [0, 0.05) is 29.4 Å². The molecule has 128 valence electrons. The van der Waals surface area contributed by atoms with Crippen molar-refractivity contribution in [1.82, 2.24) is 20.0 Å².